The fourth-order valence-corrected chi connectivity index (χ4v) is 3.49. The summed E-state index contributed by atoms with van der Waals surface area (Å²) in [5.41, 5.74) is 1.60. The maximum Gasteiger partial charge on any atom is 0.271 e. The van der Waals surface area contributed by atoms with Crippen molar-refractivity contribution in [3.05, 3.63) is 47.3 Å². The average Bonchev–Trinajstić information content (AvgIpc) is 2.83. The Balaban J connectivity index is 2.20. The van der Waals surface area contributed by atoms with Crippen LogP contribution in [0, 0.1) is 6.07 Å². The van der Waals surface area contributed by atoms with Gasteiger partial charge < -0.3 is 0 Å². The average molecular weight is 280 g/mol. The van der Waals surface area contributed by atoms with Crippen molar-refractivity contribution in [1.82, 2.24) is 0 Å². The Bertz CT molecular complexity index is 599. The van der Waals surface area contributed by atoms with Crippen molar-refractivity contribution in [2.24, 2.45) is 0 Å². The second-order valence-electron chi connectivity index (χ2n) is 4.23. The Morgan fingerprint density at radius 2 is 2.06 bits per heavy atom. The summed E-state index contributed by atoms with van der Waals surface area (Å²) >= 11 is 1.19. The fraction of sp³-hybridized carbons (Fsp3) is 0.231. The molecule has 0 amide bonds. The van der Waals surface area contributed by atoms with Crippen LogP contribution < -0.4 is 4.72 Å². The molecule has 1 aromatic carbocycles. The van der Waals surface area contributed by atoms with E-state index in [-0.39, 0.29) is 0 Å². The zero-order valence-electron chi connectivity index (χ0n) is 10.2. The molecule has 0 atom stereocenters. The predicted octanol–water partition coefficient (Wildman–Crippen LogP) is 3.47. The lowest BCUT2D eigenvalue weighted by Crippen LogP contribution is -2.11. The van der Waals surface area contributed by atoms with Crippen LogP contribution in [0.5, 0.6) is 0 Å². The molecule has 0 aliphatic rings. The Labute approximate surface area is 112 Å². The molecule has 0 bridgehead atoms. The Hall–Kier alpha value is -1.33. The van der Waals surface area contributed by atoms with Crippen LogP contribution in [-0.4, -0.2) is 8.42 Å². The minimum Gasteiger partial charge on any atom is -0.278 e. The normalized spacial score (nSPS) is 11.7. The molecule has 0 aliphatic heterocycles. The summed E-state index contributed by atoms with van der Waals surface area (Å²) in [6.07, 6.45) is 0. The van der Waals surface area contributed by atoms with Crippen LogP contribution in [0.15, 0.2) is 39.9 Å². The quantitative estimate of drug-likeness (QED) is 0.932. The first-order chi connectivity index (χ1) is 8.49. The van der Waals surface area contributed by atoms with Gasteiger partial charge in [0.05, 0.1) is 5.69 Å². The van der Waals surface area contributed by atoms with E-state index in [9.17, 15) is 8.42 Å². The number of hydrogen-bond donors (Lipinski definition) is 1. The van der Waals surface area contributed by atoms with Gasteiger partial charge in [0.15, 0.2) is 0 Å². The highest BCUT2D eigenvalue weighted by Crippen LogP contribution is 2.21. The van der Waals surface area contributed by atoms with Gasteiger partial charge in [0.1, 0.15) is 4.21 Å². The van der Waals surface area contributed by atoms with E-state index in [2.05, 4.69) is 24.6 Å². The summed E-state index contributed by atoms with van der Waals surface area (Å²) in [6.45, 7) is 4.16. The fourth-order valence-electron chi connectivity index (χ4n) is 1.47. The van der Waals surface area contributed by atoms with Gasteiger partial charge in [0, 0.05) is 6.07 Å². The topological polar surface area (TPSA) is 46.2 Å². The second-order valence-corrected chi connectivity index (χ2v) is 7.08. The molecule has 0 spiro atoms. The number of nitrogens with one attached hydrogen (secondary N) is 1. The number of hydrogen-bond acceptors (Lipinski definition) is 3. The van der Waals surface area contributed by atoms with Crippen LogP contribution in [0.25, 0.3) is 0 Å². The Morgan fingerprint density at radius 3 is 2.56 bits per heavy atom. The molecule has 1 heterocycles. The molecule has 0 saturated carbocycles. The number of thiophene rings is 1. The number of rotatable bonds is 4. The van der Waals surface area contributed by atoms with Gasteiger partial charge in [-0.15, -0.1) is 11.3 Å². The highest BCUT2D eigenvalue weighted by molar-refractivity contribution is 7.94. The molecule has 1 aromatic heterocycles. The van der Waals surface area contributed by atoms with Crippen LogP contribution >= 0.6 is 11.3 Å². The number of anilines is 1. The molecule has 18 heavy (non-hydrogen) atoms. The third-order valence-electron chi connectivity index (χ3n) is 2.51. The van der Waals surface area contributed by atoms with Crippen molar-refractivity contribution in [2.45, 2.75) is 24.0 Å². The largest absolute Gasteiger partial charge is 0.278 e. The molecule has 0 saturated heterocycles. The first-order valence-electron chi connectivity index (χ1n) is 5.57. The van der Waals surface area contributed by atoms with E-state index in [1.165, 1.54) is 11.3 Å². The van der Waals surface area contributed by atoms with E-state index >= 15 is 0 Å². The third-order valence-corrected chi connectivity index (χ3v) is 5.27. The van der Waals surface area contributed by atoms with Crippen molar-refractivity contribution < 1.29 is 8.42 Å². The summed E-state index contributed by atoms with van der Waals surface area (Å²) in [4.78, 5) is 0. The van der Waals surface area contributed by atoms with Gasteiger partial charge in [0.2, 0.25) is 0 Å². The van der Waals surface area contributed by atoms with Crippen LogP contribution in [0.2, 0.25) is 0 Å². The van der Waals surface area contributed by atoms with E-state index in [1.807, 2.05) is 12.1 Å². The first-order valence-corrected chi connectivity index (χ1v) is 7.93. The third kappa shape index (κ3) is 2.91. The summed E-state index contributed by atoms with van der Waals surface area (Å²) in [6, 6.07) is 11.7. The molecular weight excluding hydrogens is 266 g/mol. The zero-order chi connectivity index (χ0) is 13.2. The monoisotopic (exact) mass is 280 g/mol. The van der Waals surface area contributed by atoms with Gasteiger partial charge in [-0.25, -0.2) is 8.42 Å². The molecule has 2 rings (SSSR count). The minimum atomic E-state index is -3.47. The summed E-state index contributed by atoms with van der Waals surface area (Å²) < 4.78 is 26.7. The van der Waals surface area contributed by atoms with Crippen molar-refractivity contribution >= 4 is 27.0 Å². The Morgan fingerprint density at radius 1 is 1.28 bits per heavy atom. The molecule has 0 aliphatic carbocycles. The van der Waals surface area contributed by atoms with Gasteiger partial charge in [-0.1, -0.05) is 26.0 Å². The molecule has 1 radical (unpaired) electrons. The molecule has 0 fully saturated rings. The lowest BCUT2D eigenvalue weighted by molar-refractivity contribution is 0.603. The maximum absolute atomic E-state index is 12.0. The van der Waals surface area contributed by atoms with Gasteiger partial charge in [0.25, 0.3) is 10.0 Å². The van der Waals surface area contributed by atoms with Gasteiger partial charge in [-0.2, -0.15) is 0 Å². The summed E-state index contributed by atoms with van der Waals surface area (Å²) in [5, 5.41) is 1.74. The van der Waals surface area contributed by atoms with Crippen LogP contribution in [-0.2, 0) is 10.0 Å². The van der Waals surface area contributed by atoms with Crippen molar-refractivity contribution in [1.29, 1.82) is 0 Å². The predicted molar refractivity (Wildman–Crippen MR) is 74.5 cm³/mol. The van der Waals surface area contributed by atoms with E-state index in [0.29, 0.717) is 15.8 Å². The molecular formula is C13H14NO2S2. The van der Waals surface area contributed by atoms with Crippen LogP contribution in [0.3, 0.4) is 0 Å². The van der Waals surface area contributed by atoms with Crippen molar-refractivity contribution in [3.63, 3.8) is 0 Å². The molecule has 95 valence electrons. The molecule has 3 nitrogen and oxygen atoms in total. The number of sulfonamides is 1. The van der Waals surface area contributed by atoms with Crippen molar-refractivity contribution in [2.75, 3.05) is 4.72 Å². The molecule has 1 N–H and O–H groups in total. The lowest BCUT2D eigenvalue weighted by atomic mass is 10.0. The van der Waals surface area contributed by atoms with E-state index < -0.39 is 10.0 Å². The van der Waals surface area contributed by atoms with Crippen LogP contribution in [0.1, 0.15) is 25.3 Å². The highest BCUT2D eigenvalue weighted by Gasteiger charge is 2.15. The first kappa shape index (κ1) is 13.1. The SMILES string of the molecule is CC(C)c1c[c]c(NS(=O)(=O)c2cccs2)cc1. The zero-order valence-corrected chi connectivity index (χ0v) is 11.8. The molecule has 2 aromatic rings. The van der Waals surface area contributed by atoms with E-state index in [0.717, 1.165) is 5.56 Å². The molecule has 5 heteroatoms. The summed E-state index contributed by atoms with van der Waals surface area (Å²) in [5.74, 6) is 0.407. The lowest BCUT2D eigenvalue weighted by Gasteiger charge is -2.08. The smallest absolute Gasteiger partial charge is 0.271 e. The van der Waals surface area contributed by atoms with E-state index in [4.69, 9.17) is 0 Å². The van der Waals surface area contributed by atoms with Gasteiger partial charge in [-0.3, -0.25) is 4.72 Å². The maximum atomic E-state index is 12.0. The second kappa shape index (κ2) is 5.12. The summed E-state index contributed by atoms with van der Waals surface area (Å²) in [7, 11) is -3.47. The van der Waals surface area contributed by atoms with Gasteiger partial charge in [-0.05, 0) is 35.1 Å². The Kier molecular flexibility index (Phi) is 3.73. The minimum absolute atomic E-state index is 0.309. The standard InChI is InChI=1S/C13H14NO2S2/c1-10(2)11-5-7-12(8-6-11)14-18(15,16)13-4-3-9-17-13/h3-7,9-10,14H,1-2H3. The number of benzene rings is 1. The molecule has 0 unspecified atom stereocenters. The van der Waals surface area contributed by atoms with Crippen LogP contribution in [0.4, 0.5) is 5.69 Å². The highest BCUT2D eigenvalue weighted by atomic mass is 32.2. The van der Waals surface area contributed by atoms with Gasteiger partial charge >= 0.3 is 0 Å². The van der Waals surface area contributed by atoms with E-state index in [1.54, 1.807) is 23.6 Å². The van der Waals surface area contributed by atoms with Crippen molar-refractivity contribution in [3.8, 4) is 0 Å².